The number of aryl methyl sites for hydroxylation is 1. The minimum Gasteiger partial charge on any atom is -0.357 e. The van der Waals surface area contributed by atoms with Crippen LogP contribution in [-0.2, 0) is 20.1 Å². The average Bonchev–Trinajstić information content (AvgIpc) is 3.19. The number of likely N-dealkylation sites (tertiary alicyclic amines) is 1. The molecule has 0 saturated carbocycles. The summed E-state index contributed by atoms with van der Waals surface area (Å²) in [4.78, 5) is 7.26. The molecule has 1 aromatic carbocycles. The molecule has 2 N–H and O–H groups in total. The van der Waals surface area contributed by atoms with Gasteiger partial charge in [-0.2, -0.15) is 5.10 Å². The van der Waals surface area contributed by atoms with Crippen LogP contribution < -0.4 is 10.6 Å². The number of nitrogens with one attached hydrogen (secondary N) is 2. The van der Waals surface area contributed by atoms with Crippen LogP contribution in [-0.4, -0.2) is 45.8 Å². The molecule has 1 fully saturated rings. The highest BCUT2D eigenvalue weighted by molar-refractivity contribution is 5.80. The summed E-state index contributed by atoms with van der Waals surface area (Å²) in [6.07, 6.45) is 5.00. The maximum absolute atomic E-state index is 4.72. The van der Waals surface area contributed by atoms with Crippen molar-refractivity contribution in [1.82, 2.24) is 25.3 Å². The molecule has 2 heterocycles. The maximum atomic E-state index is 4.72. The molecule has 1 aliphatic rings. The summed E-state index contributed by atoms with van der Waals surface area (Å²) in [6, 6.07) is 11.7. The fourth-order valence-corrected chi connectivity index (χ4v) is 3.48. The lowest BCUT2D eigenvalue weighted by Gasteiger charge is -2.21. The van der Waals surface area contributed by atoms with Gasteiger partial charge in [0.25, 0.3) is 0 Å². The molecule has 6 heteroatoms. The number of nitrogens with zero attached hydrogens (tertiary/aromatic N) is 4. The summed E-state index contributed by atoms with van der Waals surface area (Å²) in [5, 5.41) is 11.2. The molecular formula is C20H30N6. The molecular weight excluding hydrogens is 324 g/mol. The van der Waals surface area contributed by atoms with Crippen LogP contribution in [0.4, 0.5) is 0 Å². The van der Waals surface area contributed by atoms with Gasteiger partial charge in [-0.25, -0.2) is 4.99 Å². The number of aliphatic imine (C=N–C) groups is 1. The van der Waals surface area contributed by atoms with Crippen LogP contribution in [0.1, 0.15) is 31.4 Å². The molecule has 0 amide bonds. The minimum absolute atomic E-state index is 0.417. The molecule has 2 aromatic rings. The van der Waals surface area contributed by atoms with Gasteiger partial charge in [-0.15, -0.1) is 0 Å². The quantitative estimate of drug-likeness (QED) is 0.616. The fraction of sp³-hybridized carbons (Fsp3) is 0.500. The first-order valence-electron chi connectivity index (χ1n) is 9.44. The van der Waals surface area contributed by atoms with Crippen molar-refractivity contribution < 1.29 is 0 Å². The van der Waals surface area contributed by atoms with Crippen molar-refractivity contribution in [3.05, 3.63) is 53.9 Å². The van der Waals surface area contributed by atoms with E-state index in [0.717, 1.165) is 37.6 Å². The van der Waals surface area contributed by atoms with E-state index in [1.54, 1.807) is 0 Å². The highest BCUT2D eigenvalue weighted by Gasteiger charge is 2.29. The molecule has 0 bridgehead atoms. The highest BCUT2D eigenvalue weighted by Crippen LogP contribution is 2.20. The summed E-state index contributed by atoms with van der Waals surface area (Å²) in [5.74, 6) is 0.884. The van der Waals surface area contributed by atoms with Gasteiger partial charge in [-0.05, 0) is 25.8 Å². The van der Waals surface area contributed by atoms with E-state index in [4.69, 9.17) is 4.99 Å². The second kappa shape index (κ2) is 8.85. The van der Waals surface area contributed by atoms with E-state index in [0.29, 0.717) is 18.6 Å². The van der Waals surface area contributed by atoms with Crippen LogP contribution in [0.3, 0.4) is 0 Å². The summed E-state index contributed by atoms with van der Waals surface area (Å²) < 4.78 is 1.81. The van der Waals surface area contributed by atoms with E-state index in [2.05, 4.69) is 64.8 Å². The van der Waals surface area contributed by atoms with Crippen LogP contribution in [0.5, 0.6) is 0 Å². The molecule has 0 spiro atoms. The molecule has 0 radical (unpaired) electrons. The smallest absolute Gasteiger partial charge is 0.191 e. The largest absolute Gasteiger partial charge is 0.357 e. The van der Waals surface area contributed by atoms with Crippen LogP contribution in [0.25, 0.3) is 0 Å². The maximum Gasteiger partial charge on any atom is 0.191 e. The van der Waals surface area contributed by atoms with Crippen LogP contribution in [0.2, 0.25) is 0 Å². The standard InChI is InChI=1S/C20H30N6/c1-4-21-20(22-11-18-12-23-25(3)13-18)24-19-10-16(2)26(15-19)14-17-8-6-5-7-9-17/h5-9,12-13,16,19H,4,10-11,14-15H2,1-3H3,(H2,21,22,24). The third-order valence-electron chi connectivity index (χ3n) is 4.80. The zero-order valence-electron chi connectivity index (χ0n) is 16.0. The van der Waals surface area contributed by atoms with Crippen LogP contribution in [0, 0.1) is 0 Å². The van der Waals surface area contributed by atoms with E-state index in [1.807, 2.05) is 24.1 Å². The first kappa shape index (κ1) is 18.5. The Morgan fingerprint density at radius 3 is 2.77 bits per heavy atom. The predicted molar refractivity (Wildman–Crippen MR) is 106 cm³/mol. The van der Waals surface area contributed by atoms with Gasteiger partial charge in [-0.1, -0.05) is 30.3 Å². The Morgan fingerprint density at radius 1 is 1.27 bits per heavy atom. The molecule has 2 atom stereocenters. The average molecular weight is 355 g/mol. The van der Waals surface area contributed by atoms with Crippen molar-refractivity contribution in [3.8, 4) is 0 Å². The van der Waals surface area contributed by atoms with Crippen molar-refractivity contribution in [2.24, 2.45) is 12.0 Å². The number of hydrogen-bond donors (Lipinski definition) is 2. The lowest BCUT2D eigenvalue weighted by Crippen LogP contribution is -2.44. The van der Waals surface area contributed by atoms with Gasteiger partial charge in [0.15, 0.2) is 5.96 Å². The van der Waals surface area contributed by atoms with Crippen molar-refractivity contribution in [3.63, 3.8) is 0 Å². The third-order valence-corrected chi connectivity index (χ3v) is 4.80. The van der Waals surface area contributed by atoms with Crippen molar-refractivity contribution in [1.29, 1.82) is 0 Å². The Labute approximate surface area is 156 Å². The van der Waals surface area contributed by atoms with Crippen molar-refractivity contribution in [2.75, 3.05) is 13.1 Å². The second-order valence-corrected chi connectivity index (χ2v) is 7.06. The van der Waals surface area contributed by atoms with Crippen LogP contribution >= 0.6 is 0 Å². The third kappa shape index (κ3) is 5.08. The normalized spacial score (nSPS) is 21.1. The zero-order chi connectivity index (χ0) is 18.4. The predicted octanol–water partition coefficient (Wildman–Crippen LogP) is 2.14. The fourth-order valence-electron chi connectivity index (χ4n) is 3.48. The Hall–Kier alpha value is -2.34. The van der Waals surface area contributed by atoms with Gasteiger partial charge < -0.3 is 10.6 Å². The lowest BCUT2D eigenvalue weighted by molar-refractivity contribution is 0.258. The monoisotopic (exact) mass is 354 g/mol. The number of aromatic nitrogens is 2. The molecule has 1 aromatic heterocycles. The van der Waals surface area contributed by atoms with E-state index in [-0.39, 0.29) is 0 Å². The van der Waals surface area contributed by atoms with E-state index >= 15 is 0 Å². The van der Waals surface area contributed by atoms with Gasteiger partial charge in [-0.3, -0.25) is 9.58 Å². The summed E-state index contributed by atoms with van der Waals surface area (Å²) in [6.45, 7) is 7.94. The summed E-state index contributed by atoms with van der Waals surface area (Å²) >= 11 is 0. The second-order valence-electron chi connectivity index (χ2n) is 7.06. The minimum atomic E-state index is 0.417. The number of guanidine groups is 1. The molecule has 1 aliphatic heterocycles. The topological polar surface area (TPSA) is 57.5 Å². The Morgan fingerprint density at radius 2 is 2.08 bits per heavy atom. The Bertz CT molecular complexity index is 708. The first-order valence-corrected chi connectivity index (χ1v) is 9.44. The molecule has 0 aliphatic carbocycles. The van der Waals surface area contributed by atoms with Gasteiger partial charge in [0.1, 0.15) is 0 Å². The molecule has 6 nitrogen and oxygen atoms in total. The van der Waals surface area contributed by atoms with Gasteiger partial charge in [0.05, 0.1) is 12.7 Å². The zero-order valence-corrected chi connectivity index (χ0v) is 16.0. The van der Waals surface area contributed by atoms with E-state index in [1.165, 1.54) is 5.56 Å². The molecule has 3 rings (SSSR count). The summed E-state index contributed by atoms with van der Waals surface area (Å²) in [7, 11) is 1.93. The van der Waals surface area contributed by atoms with Gasteiger partial charge in [0, 0.05) is 50.5 Å². The number of rotatable bonds is 6. The van der Waals surface area contributed by atoms with Gasteiger partial charge in [0.2, 0.25) is 0 Å². The SMILES string of the molecule is CCNC(=NCc1cnn(C)c1)NC1CC(C)N(Cc2ccccc2)C1. The van der Waals surface area contributed by atoms with E-state index in [9.17, 15) is 0 Å². The Balaban J connectivity index is 1.57. The van der Waals surface area contributed by atoms with Crippen molar-refractivity contribution in [2.45, 2.75) is 45.4 Å². The molecule has 1 saturated heterocycles. The Kier molecular flexibility index (Phi) is 6.28. The van der Waals surface area contributed by atoms with Crippen LogP contribution in [0.15, 0.2) is 47.7 Å². The van der Waals surface area contributed by atoms with E-state index < -0.39 is 0 Å². The number of benzene rings is 1. The molecule has 2 unspecified atom stereocenters. The van der Waals surface area contributed by atoms with Gasteiger partial charge >= 0.3 is 0 Å². The number of hydrogen-bond acceptors (Lipinski definition) is 3. The summed E-state index contributed by atoms with van der Waals surface area (Å²) in [5.41, 5.74) is 2.49. The van der Waals surface area contributed by atoms with Crippen molar-refractivity contribution >= 4 is 5.96 Å². The molecule has 140 valence electrons. The lowest BCUT2D eigenvalue weighted by atomic mass is 10.2. The highest BCUT2D eigenvalue weighted by atomic mass is 15.3. The molecule has 26 heavy (non-hydrogen) atoms. The first-order chi connectivity index (χ1) is 12.6.